The summed E-state index contributed by atoms with van der Waals surface area (Å²) in [6.45, 7) is 1.03. The Morgan fingerprint density at radius 2 is 2.00 bits per heavy atom. The lowest BCUT2D eigenvalue weighted by molar-refractivity contribution is -0.156. The van der Waals surface area contributed by atoms with Crippen molar-refractivity contribution in [2.45, 2.75) is 25.0 Å². The number of aliphatic hydroxyl groups is 2. The third-order valence-electron chi connectivity index (χ3n) is 3.82. The van der Waals surface area contributed by atoms with Crippen LogP contribution in [0.25, 0.3) is 0 Å². The lowest BCUT2D eigenvalue weighted by atomic mass is 10.0. The standard InChI is InChI=1S/C16H22N2O5/c1-16(10-19,11-20)17-15(22)13-8-23-9-14(21)18(13)7-12-5-3-2-4-6-12/h2-6,13,19-20H,7-11H2,1H3,(H,17,22)/t13-/m0/s1. The number of nitrogens with zero attached hydrogens (tertiary/aromatic N) is 1. The molecule has 0 spiro atoms. The number of carbonyl (C=O) groups is 2. The van der Waals surface area contributed by atoms with Crippen molar-refractivity contribution < 1.29 is 24.5 Å². The molecule has 126 valence electrons. The molecule has 0 aromatic heterocycles. The molecular weight excluding hydrogens is 300 g/mol. The molecule has 1 heterocycles. The predicted molar refractivity (Wildman–Crippen MR) is 82.3 cm³/mol. The van der Waals surface area contributed by atoms with Crippen molar-refractivity contribution in [3.8, 4) is 0 Å². The summed E-state index contributed by atoms with van der Waals surface area (Å²) < 4.78 is 5.19. The molecule has 1 fully saturated rings. The second-order valence-electron chi connectivity index (χ2n) is 5.90. The van der Waals surface area contributed by atoms with E-state index in [0.29, 0.717) is 6.54 Å². The lowest BCUT2D eigenvalue weighted by Gasteiger charge is -2.37. The van der Waals surface area contributed by atoms with Crippen LogP contribution in [0, 0.1) is 0 Å². The second kappa shape index (κ2) is 7.54. The fraction of sp³-hybridized carbons (Fsp3) is 0.500. The maximum Gasteiger partial charge on any atom is 0.249 e. The summed E-state index contributed by atoms with van der Waals surface area (Å²) in [5.41, 5.74) is -0.233. The number of carbonyl (C=O) groups excluding carboxylic acids is 2. The normalized spacial score (nSPS) is 18.8. The smallest absolute Gasteiger partial charge is 0.249 e. The summed E-state index contributed by atoms with van der Waals surface area (Å²) >= 11 is 0. The molecule has 1 aromatic rings. The average molecular weight is 322 g/mol. The summed E-state index contributed by atoms with van der Waals surface area (Å²) in [6.07, 6.45) is 0. The average Bonchev–Trinajstić information content (AvgIpc) is 2.57. The van der Waals surface area contributed by atoms with Crippen molar-refractivity contribution in [1.82, 2.24) is 10.2 Å². The van der Waals surface area contributed by atoms with Crippen LogP contribution in [0.1, 0.15) is 12.5 Å². The highest BCUT2D eigenvalue weighted by Gasteiger charge is 2.37. The third kappa shape index (κ3) is 4.28. The zero-order valence-corrected chi connectivity index (χ0v) is 13.1. The Balaban J connectivity index is 2.13. The van der Waals surface area contributed by atoms with Crippen molar-refractivity contribution in [2.24, 2.45) is 0 Å². The predicted octanol–water partition coefficient (Wildman–Crippen LogP) is -0.726. The Hall–Kier alpha value is -1.96. The third-order valence-corrected chi connectivity index (χ3v) is 3.82. The first-order valence-corrected chi connectivity index (χ1v) is 7.44. The van der Waals surface area contributed by atoms with Crippen molar-refractivity contribution in [3.05, 3.63) is 35.9 Å². The van der Waals surface area contributed by atoms with Crippen molar-refractivity contribution in [2.75, 3.05) is 26.4 Å². The second-order valence-corrected chi connectivity index (χ2v) is 5.90. The van der Waals surface area contributed by atoms with Crippen molar-refractivity contribution in [1.29, 1.82) is 0 Å². The van der Waals surface area contributed by atoms with Crippen LogP contribution in [-0.4, -0.2) is 64.9 Å². The monoisotopic (exact) mass is 322 g/mol. The maximum absolute atomic E-state index is 12.5. The van der Waals surface area contributed by atoms with Gasteiger partial charge in [-0.25, -0.2) is 0 Å². The van der Waals surface area contributed by atoms with Crippen LogP contribution in [-0.2, 0) is 20.9 Å². The van der Waals surface area contributed by atoms with E-state index in [2.05, 4.69) is 5.32 Å². The van der Waals surface area contributed by atoms with Crippen LogP contribution in [0.5, 0.6) is 0 Å². The molecule has 1 aliphatic rings. The molecule has 2 amide bonds. The van der Waals surface area contributed by atoms with E-state index in [9.17, 15) is 19.8 Å². The summed E-state index contributed by atoms with van der Waals surface area (Å²) in [7, 11) is 0. The van der Waals surface area contributed by atoms with E-state index in [0.717, 1.165) is 5.56 Å². The molecule has 23 heavy (non-hydrogen) atoms. The fourth-order valence-corrected chi connectivity index (χ4v) is 2.31. The van der Waals surface area contributed by atoms with Gasteiger partial charge in [-0.1, -0.05) is 30.3 Å². The number of hydrogen-bond acceptors (Lipinski definition) is 5. The molecule has 1 aromatic carbocycles. The molecule has 0 bridgehead atoms. The van der Waals surface area contributed by atoms with Crippen LogP contribution in [0.15, 0.2) is 30.3 Å². The van der Waals surface area contributed by atoms with E-state index in [-0.39, 0.29) is 19.1 Å². The van der Waals surface area contributed by atoms with Gasteiger partial charge >= 0.3 is 0 Å². The largest absolute Gasteiger partial charge is 0.394 e. The highest BCUT2D eigenvalue weighted by molar-refractivity contribution is 5.89. The van der Waals surface area contributed by atoms with Gasteiger partial charge in [0.05, 0.1) is 25.4 Å². The maximum atomic E-state index is 12.5. The molecule has 1 aliphatic heterocycles. The number of hydrogen-bond donors (Lipinski definition) is 3. The Labute approximate surface area is 134 Å². The van der Waals surface area contributed by atoms with Crippen molar-refractivity contribution >= 4 is 11.8 Å². The molecule has 0 saturated carbocycles. The number of nitrogens with one attached hydrogen (secondary N) is 1. The van der Waals surface area contributed by atoms with Gasteiger partial charge in [-0.2, -0.15) is 0 Å². The quantitative estimate of drug-likeness (QED) is 0.641. The molecule has 0 unspecified atom stereocenters. The van der Waals surface area contributed by atoms with E-state index < -0.39 is 30.7 Å². The molecule has 1 atom stereocenters. The summed E-state index contributed by atoms with van der Waals surface area (Å²) in [5.74, 6) is -0.727. The van der Waals surface area contributed by atoms with Crippen LogP contribution >= 0.6 is 0 Å². The van der Waals surface area contributed by atoms with Gasteiger partial charge in [0.25, 0.3) is 0 Å². The van der Waals surface area contributed by atoms with E-state index in [1.807, 2.05) is 30.3 Å². The van der Waals surface area contributed by atoms with Gasteiger partial charge in [0.15, 0.2) is 0 Å². The summed E-state index contributed by atoms with van der Waals surface area (Å²) in [6, 6.07) is 8.57. The van der Waals surface area contributed by atoms with Crippen LogP contribution < -0.4 is 5.32 Å². The minimum absolute atomic E-state index is 0.0616. The molecular formula is C16H22N2O5. The van der Waals surface area contributed by atoms with Crippen LogP contribution in [0.4, 0.5) is 0 Å². The summed E-state index contributed by atoms with van der Waals surface area (Å²) in [4.78, 5) is 26.1. The Morgan fingerprint density at radius 1 is 1.35 bits per heavy atom. The van der Waals surface area contributed by atoms with Gasteiger partial charge in [0.2, 0.25) is 11.8 Å². The van der Waals surface area contributed by atoms with E-state index in [1.165, 1.54) is 11.8 Å². The minimum atomic E-state index is -1.14. The van der Waals surface area contributed by atoms with Gasteiger partial charge in [-0.05, 0) is 12.5 Å². The first kappa shape index (κ1) is 17.4. The highest BCUT2D eigenvalue weighted by Crippen LogP contribution is 2.15. The van der Waals surface area contributed by atoms with Crippen LogP contribution in [0.2, 0.25) is 0 Å². The SMILES string of the molecule is CC(CO)(CO)NC(=O)[C@@H]1COCC(=O)N1Cc1ccccc1. The zero-order valence-electron chi connectivity index (χ0n) is 13.1. The molecule has 2 rings (SSSR count). The summed E-state index contributed by atoms with van der Waals surface area (Å²) in [5, 5.41) is 21.2. The van der Waals surface area contributed by atoms with Crippen molar-refractivity contribution in [3.63, 3.8) is 0 Å². The van der Waals surface area contributed by atoms with E-state index in [4.69, 9.17) is 4.74 Å². The van der Waals surface area contributed by atoms with E-state index >= 15 is 0 Å². The highest BCUT2D eigenvalue weighted by atomic mass is 16.5. The molecule has 0 radical (unpaired) electrons. The zero-order chi connectivity index (χ0) is 16.9. The molecule has 7 nitrogen and oxygen atoms in total. The number of ether oxygens (including phenoxy) is 1. The molecule has 1 saturated heterocycles. The number of morpholine rings is 1. The van der Waals surface area contributed by atoms with Gasteiger partial charge in [-0.15, -0.1) is 0 Å². The Bertz CT molecular complexity index is 545. The van der Waals surface area contributed by atoms with Gasteiger partial charge < -0.3 is 25.2 Å². The number of amides is 2. The van der Waals surface area contributed by atoms with Gasteiger partial charge in [0, 0.05) is 6.54 Å². The number of rotatable bonds is 6. The van der Waals surface area contributed by atoms with Gasteiger partial charge in [-0.3, -0.25) is 9.59 Å². The number of benzene rings is 1. The number of aliphatic hydroxyl groups excluding tert-OH is 2. The topological polar surface area (TPSA) is 99.1 Å². The van der Waals surface area contributed by atoms with E-state index in [1.54, 1.807) is 0 Å². The first-order valence-electron chi connectivity index (χ1n) is 7.44. The van der Waals surface area contributed by atoms with Gasteiger partial charge in [0.1, 0.15) is 12.6 Å². The molecule has 7 heteroatoms. The van der Waals surface area contributed by atoms with Crippen LogP contribution in [0.3, 0.4) is 0 Å². The molecule has 3 N–H and O–H groups in total. The Morgan fingerprint density at radius 3 is 2.61 bits per heavy atom. The minimum Gasteiger partial charge on any atom is -0.394 e. The fourth-order valence-electron chi connectivity index (χ4n) is 2.31. The first-order chi connectivity index (χ1) is 11.0. The molecule has 0 aliphatic carbocycles. The Kier molecular flexibility index (Phi) is 5.70. The lowest BCUT2D eigenvalue weighted by Crippen LogP contribution is -2.61.